The van der Waals surface area contributed by atoms with Gasteiger partial charge < -0.3 is 10.4 Å². The van der Waals surface area contributed by atoms with Crippen LogP contribution >= 0.6 is 0 Å². The molecule has 0 saturated carbocycles. The van der Waals surface area contributed by atoms with Crippen LogP contribution in [0.4, 0.5) is 10.5 Å². The lowest BCUT2D eigenvalue weighted by atomic mass is 10.1. The van der Waals surface area contributed by atoms with Gasteiger partial charge in [0.15, 0.2) is 0 Å². The van der Waals surface area contributed by atoms with Gasteiger partial charge in [0.05, 0.1) is 11.9 Å². The Kier molecular flexibility index (Phi) is 5.68. The van der Waals surface area contributed by atoms with Gasteiger partial charge in [-0.3, -0.25) is 9.78 Å². The van der Waals surface area contributed by atoms with Gasteiger partial charge in [0.2, 0.25) is 5.88 Å². The van der Waals surface area contributed by atoms with Crippen LogP contribution in [0.25, 0.3) is 5.69 Å². The molecule has 1 heterocycles. The predicted molar refractivity (Wildman–Crippen MR) is 116 cm³/mol. The van der Waals surface area contributed by atoms with Gasteiger partial charge in [0, 0.05) is 5.69 Å². The number of nitrogens with zero attached hydrogens (tertiary/aromatic N) is 2. The predicted octanol–water partition coefficient (Wildman–Crippen LogP) is 3.12. The van der Waals surface area contributed by atoms with E-state index in [1.807, 2.05) is 39.0 Å². The molecule has 8 nitrogen and oxygen atoms in total. The molecule has 30 heavy (non-hydrogen) atoms. The molecule has 0 spiro atoms. The van der Waals surface area contributed by atoms with E-state index in [1.54, 1.807) is 25.1 Å². The Morgan fingerprint density at radius 3 is 2.30 bits per heavy atom. The molecule has 0 fully saturated rings. The van der Waals surface area contributed by atoms with E-state index in [4.69, 9.17) is 0 Å². The van der Waals surface area contributed by atoms with Crippen molar-refractivity contribution >= 4 is 17.9 Å². The lowest BCUT2D eigenvalue weighted by Crippen LogP contribution is -2.31. The summed E-state index contributed by atoms with van der Waals surface area (Å²) in [6, 6.07) is 10.1. The van der Waals surface area contributed by atoms with E-state index in [9.17, 15) is 19.5 Å². The number of anilines is 1. The van der Waals surface area contributed by atoms with E-state index < -0.39 is 23.2 Å². The fraction of sp³-hybridized carbons (Fsp3) is 0.182. The quantitative estimate of drug-likeness (QED) is 0.579. The molecule has 0 aliphatic rings. The van der Waals surface area contributed by atoms with Crippen molar-refractivity contribution in [3.05, 3.63) is 85.1 Å². The lowest BCUT2D eigenvalue weighted by Gasteiger charge is -2.12. The monoisotopic (exact) mass is 406 g/mol. The van der Waals surface area contributed by atoms with Gasteiger partial charge >= 0.3 is 11.7 Å². The Balaban J connectivity index is 1.97. The summed E-state index contributed by atoms with van der Waals surface area (Å²) in [5.41, 5.74) is 2.69. The van der Waals surface area contributed by atoms with Crippen molar-refractivity contribution in [2.24, 2.45) is 4.99 Å². The molecule has 1 aromatic heterocycles. The maximum atomic E-state index is 12.3. The Bertz CT molecular complexity index is 1290. The SMILES string of the molecule is Cc1ccc(NC(=O)N=Cc2c(O)n(-c3ccc(C)cc3C)c(=O)[nH]c2=O)c(C)c1. The summed E-state index contributed by atoms with van der Waals surface area (Å²) in [6.07, 6.45) is 0.937. The molecule has 3 rings (SSSR count). The van der Waals surface area contributed by atoms with Crippen LogP contribution in [-0.4, -0.2) is 26.9 Å². The molecule has 2 aromatic carbocycles. The van der Waals surface area contributed by atoms with Crippen molar-refractivity contribution in [1.82, 2.24) is 9.55 Å². The van der Waals surface area contributed by atoms with Gasteiger partial charge in [-0.05, 0) is 51.0 Å². The second-order valence-corrected chi connectivity index (χ2v) is 7.13. The highest BCUT2D eigenvalue weighted by Crippen LogP contribution is 2.20. The summed E-state index contributed by atoms with van der Waals surface area (Å²) in [5, 5.41) is 13.2. The van der Waals surface area contributed by atoms with Crippen LogP contribution in [0.3, 0.4) is 0 Å². The van der Waals surface area contributed by atoms with E-state index in [-0.39, 0.29) is 5.56 Å². The summed E-state index contributed by atoms with van der Waals surface area (Å²) in [4.78, 5) is 42.6. The second kappa shape index (κ2) is 8.20. The number of hydrogen-bond acceptors (Lipinski definition) is 4. The first-order valence-corrected chi connectivity index (χ1v) is 9.25. The number of amides is 2. The highest BCUT2D eigenvalue weighted by atomic mass is 16.3. The molecule has 0 unspecified atom stereocenters. The molecule has 3 aromatic rings. The van der Waals surface area contributed by atoms with E-state index >= 15 is 0 Å². The summed E-state index contributed by atoms with van der Waals surface area (Å²) in [7, 11) is 0. The summed E-state index contributed by atoms with van der Waals surface area (Å²) >= 11 is 0. The Hall–Kier alpha value is -3.94. The minimum Gasteiger partial charge on any atom is -0.493 e. The Morgan fingerprint density at radius 1 is 1.03 bits per heavy atom. The zero-order chi connectivity index (χ0) is 22.0. The van der Waals surface area contributed by atoms with Crippen LogP contribution in [-0.2, 0) is 0 Å². The van der Waals surface area contributed by atoms with Crippen molar-refractivity contribution in [2.75, 3.05) is 5.32 Å². The summed E-state index contributed by atoms with van der Waals surface area (Å²) in [5.74, 6) is -0.598. The Labute approximate surface area is 172 Å². The van der Waals surface area contributed by atoms with Crippen LogP contribution in [0.2, 0.25) is 0 Å². The molecule has 0 atom stereocenters. The molecule has 0 aliphatic heterocycles. The van der Waals surface area contributed by atoms with Crippen LogP contribution < -0.4 is 16.6 Å². The molecular weight excluding hydrogens is 384 g/mol. The number of aromatic hydroxyl groups is 1. The number of aliphatic imine (C=N–C) groups is 1. The fourth-order valence-corrected chi connectivity index (χ4v) is 3.16. The number of rotatable bonds is 3. The Morgan fingerprint density at radius 2 is 1.67 bits per heavy atom. The van der Waals surface area contributed by atoms with Crippen LogP contribution in [0, 0.1) is 27.7 Å². The van der Waals surface area contributed by atoms with E-state index in [0.717, 1.165) is 33.0 Å². The average Bonchev–Trinajstić information content (AvgIpc) is 2.65. The van der Waals surface area contributed by atoms with Crippen molar-refractivity contribution in [2.45, 2.75) is 27.7 Å². The highest BCUT2D eigenvalue weighted by Gasteiger charge is 2.16. The number of urea groups is 1. The third kappa shape index (κ3) is 4.22. The summed E-state index contributed by atoms with van der Waals surface area (Å²) in [6.45, 7) is 7.47. The van der Waals surface area contributed by atoms with Crippen molar-refractivity contribution in [1.29, 1.82) is 0 Å². The molecule has 0 aliphatic carbocycles. The van der Waals surface area contributed by atoms with Crippen LogP contribution in [0.15, 0.2) is 51.0 Å². The molecule has 0 saturated heterocycles. The minimum absolute atomic E-state index is 0.301. The minimum atomic E-state index is -0.846. The number of carbonyl (C=O) groups excluding carboxylic acids is 1. The molecule has 2 amide bonds. The number of aryl methyl sites for hydroxylation is 4. The zero-order valence-electron chi connectivity index (χ0n) is 17.1. The molecule has 154 valence electrons. The van der Waals surface area contributed by atoms with Gasteiger partial charge in [-0.2, -0.15) is 0 Å². The third-order valence-corrected chi connectivity index (χ3v) is 4.65. The highest BCUT2D eigenvalue weighted by molar-refractivity contribution is 5.99. The van der Waals surface area contributed by atoms with E-state index in [2.05, 4.69) is 15.3 Å². The van der Waals surface area contributed by atoms with Gasteiger partial charge in [0.25, 0.3) is 5.56 Å². The van der Waals surface area contributed by atoms with Gasteiger partial charge in [0.1, 0.15) is 5.56 Å². The topological polar surface area (TPSA) is 117 Å². The first-order chi connectivity index (χ1) is 14.2. The second-order valence-electron chi connectivity index (χ2n) is 7.13. The number of hydrogen-bond donors (Lipinski definition) is 3. The maximum Gasteiger partial charge on any atom is 0.345 e. The molecule has 3 N–H and O–H groups in total. The zero-order valence-corrected chi connectivity index (χ0v) is 17.1. The van der Waals surface area contributed by atoms with E-state index in [1.165, 1.54) is 0 Å². The van der Waals surface area contributed by atoms with Gasteiger partial charge in [-0.1, -0.05) is 35.4 Å². The first kappa shape index (κ1) is 20.8. The number of carbonyl (C=O) groups is 1. The number of nitrogens with one attached hydrogen (secondary N) is 2. The van der Waals surface area contributed by atoms with Crippen molar-refractivity contribution in [3.8, 4) is 11.6 Å². The first-order valence-electron chi connectivity index (χ1n) is 9.25. The normalized spacial score (nSPS) is 11.1. The average molecular weight is 406 g/mol. The summed E-state index contributed by atoms with van der Waals surface area (Å²) < 4.78 is 0.972. The largest absolute Gasteiger partial charge is 0.493 e. The molecule has 8 heteroatoms. The standard InChI is InChI=1S/C22H22N4O4/c1-12-5-7-17(14(3)9-12)24-21(29)23-11-16-19(27)25-22(30)26(20(16)28)18-8-6-13(2)10-15(18)4/h5-11,28H,1-4H3,(H,24,29)(H,25,27,30). The third-order valence-electron chi connectivity index (χ3n) is 4.65. The van der Waals surface area contributed by atoms with Crippen LogP contribution in [0.1, 0.15) is 27.8 Å². The number of aromatic nitrogens is 2. The van der Waals surface area contributed by atoms with Gasteiger partial charge in [-0.25, -0.2) is 19.1 Å². The smallest absolute Gasteiger partial charge is 0.345 e. The van der Waals surface area contributed by atoms with Crippen LogP contribution in [0.5, 0.6) is 5.88 Å². The number of benzene rings is 2. The number of aromatic amines is 1. The van der Waals surface area contributed by atoms with Gasteiger partial charge in [-0.15, -0.1) is 0 Å². The molecule has 0 bridgehead atoms. The van der Waals surface area contributed by atoms with Crippen molar-refractivity contribution in [3.63, 3.8) is 0 Å². The fourth-order valence-electron chi connectivity index (χ4n) is 3.16. The lowest BCUT2D eigenvalue weighted by molar-refractivity contribution is 0.259. The van der Waals surface area contributed by atoms with Crippen molar-refractivity contribution < 1.29 is 9.90 Å². The van der Waals surface area contributed by atoms with E-state index in [0.29, 0.717) is 11.4 Å². The number of H-pyrrole nitrogens is 1. The molecule has 0 radical (unpaired) electrons. The molecular formula is C22H22N4O4. The maximum absolute atomic E-state index is 12.3.